The maximum Gasteiger partial charge on any atom is 0.282 e. The molecule has 1 amide bonds. The number of ether oxygens (including phenoxy) is 1. The van der Waals surface area contributed by atoms with E-state index in [1.54, 1.807) is 0 Å². The van der Waals surface area contributed by atoms with Crippen molar-refractivity contribution in [2.24, 2.45) is 7.05 Å². The minimum absolute atomic E-state index is 0.00469. The van der Waals surface area contributed by atoms with Gasteiger partial charge < -0.3 is 14.6 Å². The smallest absolute Gasteiger partial charge is 0.282 e. The Hall–Kier alpha value is -2.83. The SMILES string of the molecule is COc1ccc([N+](=O)[O-])c(C(=O)N[C@@H](C)CCc2cccn2C)c1. The minimum Gasteiger partial charge on any atom is -0.497 e. The minimum atomic E-state index is -0.566. The molecule has 0 spiro atoms. The van der Waals surface area contributed by atoms with Crippen LogP contribution in [0.4, 0.5) is 5.69 Å². The lowest BCUT2D eigenvalue weighted by Crippen LogP contribution is -2.33. The van der Waals surface area contributed by atoms with Crippen LogP contribution in [0.25, 0.3) is 0 Å². The first-order valence-electron chi connectivity index (χ1n) is 7.66. The zero-order valence-corrected chi connectivity index (χ0v) is 14.0. The van der Waals surface area contributed by atoms with Crippen molar-refractivity contribution in [2.45, 2.75) is 25.8 Å². The van der Waals surface area contributed by atoms with Gasteiger partial charge in [-0.25, -0.2) is 0 Å². The van der Waals surface area contributed by atoms with E-state index in [2.05, 4.69) is 5.32 Å². The molecule has 7 heteroatoms. The highest BCUT2D eigenvalue weighted by atomic mass is 16.6. The zero-order valence-electron chi connectivity index (χ0n) is 14.0. The number of aryl methyl sites for hydroxylation is 2. The van der Waals surface area contributed by atoms with Crippen LogP contribution in [0, 0.1) is 10.1 Å². The van der Waals surface area contributed by atoms with Crippen LogP contribution < -0.4 is 10.1 Å². The van der Waals surface area contributed by atoms with Gasteiger partial charge in [0.1, 0.15) is 11.3 Å². The fourth-order valence-electron chi connectivity index (χ4n) is 2.48. The van der Waals surface area contributed by atoms with Gasteiger partial charge in [-0.15, -0.1) is 0 Å². The summed E-state index contributed by atoms with van der Waals surface area (Å²) in [6.45, 7) is 1.88. The van der Waals surface area contributed by atoms with Gasteiger partial charge in [-0.2, -0.15) is 0 Å². The first-order chi connectivity index (χ1) is 11.4. The molecule has 1 aromatic heterocycles. The number of nitrogens with zero attached hydrogens (tertiary/aromatic N) is 2. The molecule has 128 valence electrons. The number of nitro benzene ring substituents is 1. The molecule has 7 nitrogen and oxygen atoms in total. The van der Waals surface area contributed by atoms with E-state index in [1.807, 2.05) is 36.9 Å². The van der Waals surface area contributed by atoms with Crippen LogP contribution in [0.5, 0.6) is 5.75 Å². The largest absolute Gasteiger partial charge is 0.497 e. The van der Waals surface area contributed by atoms with Crippen LogP contribution >= 0.6 is 0 Å². The van der Waals surface area contributed by atoms with Crippen LogP contribution in [0.2, 0.25) is 0 Å². The quantitative estimate of drug-likeness (QED) is 0.624. The van der Waals surface area contributed by atoms with Crippen molar-refractivity contribution in [3.63, 3.8) is 0 Å². The Labute approximate surface area is 140 Å². The van der Waals surface area contributed by atoms with E-state index in [9.17, 15) is 14.9 Å². The van der Waals surface area contributed by atoms with E-state index in [-0.39, 0.29) is 17.3 Å². The van der Waals surface area contributed by atoms with E-state index in [4.69, 9.17) is 4.74 Å². The molecule has 0 fully saturated rings. The summed E-state index contributed by atoms with van der Waals surface area (Å²) in [7, 11) is 3.42. The average Bonchev–Trinajstić information content (AvgIpc) is 2.97. The molecule has 1 N–H and O–H groups in total. The van der Waals surface area contributed by atoms with E-state index in [0.29, 0.717) is 5.75 Å². The Bertz CT molecular complexity index is 739. The van der Waals surface area contributed by atoms with Gasteiger partial charge in [0.15, 0.2) is 0 Å². The summed E-state index contributed by atoms with van der Waals surface area (Å²) in [5.41, 5.74) is 0.941. The molecular formula is C17H21N3O4. The molecule has 1 atom stereocenters. The van der Waals surface area contributed by atoms with Gasteiger partial charge in [0.2, 0.25) is 0 Å². The third kappa shape index (κ3) is 4.13. The Kier molecular flexibility index (Phi) is 5.57. The molecule has 24 heavy (non-hydrogen) atoms. The van der Waals surface area contributed by atoms with Crippen molar-refractivity contribution in [1.29, 1.82) is 0 Å². The highest BCUT2D eigenvalue weighted by molar-refractivity contribution is 5.98. The maximum atomic E-state index is 12.4. The van der Waals surface area contributed by atoms with Gasteiger partial charge >= 0.3 is 0 Å². The van der Waals surface area contributed by atoms with E-state index < -0.39 is 10.8 Å². The molecule has 0 bridgehead atoms. The Morgan fingerprint density at radius 3 is 2.75 bits per heavy atom. The summed E-state index contributed by atoms with van der Waals surface area (Å²) in [5.74, 6) is -0.0674. The normalized spacial score (nSPS) is 11.8. The zero-order chi connectivity index (χ0) is 17.7. The van der Waals surface area contributed by atoms with Crippen LogP contribution in [-0.2, 0) is 13.5 Å². The number of aromatic nitrogens is 1. The third-order valence-electron chi connectivity index (χ3n) is 3.91. The highest BCUT2D eigenvalue weighted by Crippen LogP contribution is 2.24. The number of hydrogen-bond donors (Lipinski definition) is 1. The fraction of sp³-hybridized carbons (Fsp3) is 0.353. The monoisotopic (exact) mass is 331 g/mol. The summed E-state index contributed by atoms with van der Waals surface area (Å²) >= 11 is 0. The molecule has 2 aromatic rings. The number of amides is 1. The number of hydrogen-bond acceptors (Lipinski definition) is 4. The predicted octanol–water partition coefficient (Wildman–Crippen LogP) is 2.69. The molecule has 0 saturated carbocycles. The number of carbonyl (C=O) groups is 1. The summed E-state index contributed by atoms with van der Waals surface area (Å²) in [4.78, 5) is 22.9. The second kappa shape index (κ2) is 7.63. The second-order valence-electron chi connectivity index (χ2n) is 5.66. The summed E-state index contributed by atoms with van der Waals surface area (Å²) in [5, 5.41) is 13.9. The fourth-order valence-corrected chi connectivity index (χ4v) is 2.48. The predicted molar refractivity (Wildman–Crippen MR) is 90.3 cm³/mol. The highest BCUT2D eigenvalue weighted by Gasteiger charge is 2.22. The number of nitrogens with one attached hydrogen (secondary N) is 1. The lowest BCUT2D eigenvalue weighted by Gasteiger charge is -2.14. The van der Waals surface area contributed by atoms with Gasteiger partial charge in [0.25, 0.3) is 11.6 Å². The summed E-state index contributed by atoms with van der Waals surface area (Å²) < 4.78 is 7.08. The van der Waals surface area contributed by atoms with Crippen molar-refractivity contribution in [1.82, 2.24) is 9.88 Å². The van der Waals surface area contributed by atoms with Gasteiger partial charge in [0.05, 0.1) is 12.0 Å². The van der Waals surface area contributed by atoms with Crippen LogP contribution in [0.3, 0.4) is 0 Å². The summed E-state index contributed by atoms with van der Waals surface area (Å²) in [6, 6.07) is 8.02. The van der Waals surface area contributed by atoms with Gasteiger partial charge in [0, 0.05) is 31.0 Å². The van der Waals surface area contributed by atoms with E-state index in [0.717, 1.165) is 12.8 Å². The number of nitro groups is 1. The molecule has 0 saturated heterocycles. The van der Waals surface area contributed by atoms with Crippen LogP contribution in [0.1, 0.15) is 29.4 Å². The van der Waals surface area contributed by atoms with E-state index in [1.165, 1.54) is 31.0 Å². The van der Waals surface area contributed by atoms with Gasteiger partial charge in [-0.1, -0.05) is 0 Å². The van der Waals surface area contributed by atoms with E-state index >= 15 is 0 Å². The van der Waals surface area contributed by atoms with Crippen molar-refractivity contribution < 1.29 is 14.5 Å². The van der Waals surface area contributed by atoms with Crippen LogP contribution in [0.15, 0.2) is 36.5 Å². The Morgan fingerprint density at radius 1 is 1.42 bits per heavy atom. The molecule has 0 aliphatic rings. The molecule has 0 radical (unpaired) electrons. The number of carbonyl (C=O) groups excluding carboxylic acids is 1. The van der Waals surface area contributed by atoms with Crippen molar-refractivity contribution >= 4 is 11.6 Å². The van der Waals surface area contributed by atoms with Gasteiger partial charge in [-0.3, -0.25) is 14.9 Å². The summed E-state index contributed by atoms with van der Waals surface area (Å²) in [6.07, 6.45) is 3.52. The van der Waals surface area contributed by atoms with Crippen molar-refractivity contribution in [2.75, 3.05) is 7.11 Å². The molecule has 2 rings (SSSR count). The topological polar surface area (TPSA) is 86.4 Å². The van der Waals surface area contributed by atoms with Crippen molar-refractivity contribution in [3.8, 4) is 5.75 Å². The molecule has 0 unspecified atom stereocenters. The third-order valence-corrected chi connectivity index (χ3v) is 3.91. The van der Waals surface area contributed by atoms with Crippen molar-refractivity contribution in [3.05, 3.63) is 57.9 Å². The second-order valence-corrected chi connectivity index (χ2v) is 5.66. The number of benzene rings is 1. The lowest BCUT2D eigenvalue weighted by molar-refractivity contribution is -0.385. The maximum absolute atomic E-state index is 12.4. The van der Waals surface area contributed by atoms with Crippen LogP contribution in [-0.4, -0.2) is 28.5 Å². The number of methoxy groups -OCH3 is 1. The Balaban J connectivity index is 2.05. The molecule has 1 aromatic carbocycles. The Morgan fingerprint density at radius 2 is 2.17 bits per heavy atom. The number of rotatable bonds is 7. The standard InChI is InChI=1S/C17H21N3O4/c1-12(6-7-13-5-4-10-19(13)2)18-17(21)15-11-14(24-3)8-9-16(15)20(22)23/h4-5,8-12H,6-7H2,1-3H3,(H,18,21)/t12-/m0/s1. The molecule has 0 aliphatic heterocycles. The first-order valence-corrected chi connectivity index (χ1v) is 7.66. The van der Waals surface area contributed by atoms with Gasteiger partial charge in [-0.05, 0) is 44.0 Å². The average molecular weight is 331 g/mol. The molecule has 1 heterocycles. The molecular weight excluding hydrogens is 310 g/mol. The lowest BCUT2D eigenvalue weighted by atomic mass is 10.1. The molecule has 0 aliphatic carbocycles. The first kappa shape index (κ1) is 17.5.